The maximum Gasteiger partial charge on any atom is 0.233 e. The molecule has 1 saturated heterocycles. The molecule has 1 aliphatic heterocycles. The lowest BCUT2D eigenvalue weighted by Crippen LogP contribution is -2.28. The van der Waals surface area contributed by atoms with Crippen LogP contribution in [0.2, 0.25) is 0 Å². The molecule has 1 fully saturated rings. The summed E-state index contributed by atoms with van der Waals surface area (Å²) in [7, 11) is 0. The van der Waals surface area contributed by atoms with Crippen molar-refractivity contribution < 1.29 is 9.53 Å². The van der Waals surface area contributed by atoms with Crippen LogP contribution in [0.25, 0.3) is 10.2 Å². The second kappa shape index (κ2) is 9.06. The fraction of sp³-hybridized carbons (Fsp3) is 0.417. The summed E-state index contributed by atoms with van der Waals surface area (Å²) in [5, 5.41) is 0.734. The van der Waals surface area contributed by atoms with E-state index in [0.717, 1.165) is 46.9 Å². The Bertz CT molecular complexity index is 925. The van der Waals surface area contributed by atoms with E-state index in [1.807, 2.05) is 30.3 Å². The Labute approximate surface area is 176 Å². The molecule has 0 saturated carbocycles. The van der Waals surface area contributed by atoms with Crippen LogP contribution in [-0.4, -0.2) is 23.6 Å². The Balaban J connectivity index is 1.61. The van der Waals surface area contributed by atoms with Crippen LogP contribution in [0.15, 0.2) is 48.5 Å². The molecule has 1 aromatic heterocycles. The summed E-state index contributed by atoms with van der Waals surface area (Å²) in [6, 6.07) is 16.3. The number of para-hydroxylation sites is 1. The second-order valence-corrected chi connectivity index (χ2v) is 8.98. The van der Waals surface area contributed by atoms with Crippen molar-refractivity contribution in [3.63, 3.8) is 0 Å². The zero-order valence-electron chi connectivity index (χ0n) is 17.1. The van der Waals surface area contributed by atoms with Crippen molar-refractivity contribution in [2.45, 2.75) is 58.0 Å². The van der Waals surface area contributed by atoms with Crippen molar-refractivity contribution >= 4 is 38.3 Å². The second-order valence-electron chi connectivity index (χ2n) is 7.97. The number of carbonyl (C=O) groups excluding carboxylic acids is 1. The average Bonchev–Trinajstić information content (AvgIpc) is 3.17. The summed E-state index contributed by atoms with van der Waals surface area (Å²) in [5.74, 6) is 0.537. The number of hydrogen-bond donors (Lipinski definition) is 0. The van der Waals surface area contributed by atoms with Gasteiger partial charge in [0.15, 0.2) is 5.13 Å². The lowest BCUT2D eigenvalue weighted by molar-refractivity contribution is -0.118. The molecule has 0 aliphatic carbocycles. The van der Waals surface area contributed by atoms with Gasteiger partial charge in [0.05, 0.1) is 22.0 Å². The van der Waals surface area contributed by atoms with Crippen LogP contribution in [-0.2, 0) is 9.53 Å². The topological polar surface area (TPSA) is 42.4 Å². The molecule has 1 atom stereocenters. The summed E-state index contributed by atoms with van der Waals surface area (Å²) in [6.45, 7) is 5.17. The number of anilines is 2. The van der Waals surface area contributed by atoms with Crippen molar-refractivity contribution in [1.82, 2.24) is 4.98 Å². The zero-order chi connectivity index (χ0) is 20.2. The standard InChI is InChI=1S/C24H28N2O2S/c1-17(2)18-10-12-19(13-11-18)26(23(27)15-14-20-7-5-6-16-28-20)24-25-21-8-3-4-9-22(21)29-24/h3-4,8-13,17,20H,5-7,14-16H2,1-2H3. The molecule has 3 aromatic rings. The van der Waals surface area contributed by atoms with E-state index in [2.05, 4.69) is 32.0 Å². The molecule has 1 aliphatic rings. The number of rotatable bonds is 6. The van der Waals surface area contributed by atoms with Crippen LogP contribution in [0, 0.1) is 0 Å². The Kier molecular flexibility index (Phi) is 6.26. The van der Waals surface area contributed by atoms with Gasteiger partial charge in [0.25, 0.3) is 0 Å². The van der Waals surface area contributed by atoms with E-state index in [9.17, 15) is 4.79 Å². The molecule has 5 heteroatoms. The van der Waals surface area contributed by atoms with E-state index < -0.39 is 0 Å². The first-order valence-electron chi connectivity index (χ1n) is 10.5. The predicted molar refractivity (Wildman–Crippen MR) is 120 cm³/mol. The maximum atomic E-state index is 13.3. The third-order valence-corrected chi connectivity index (χ3v) is 6.52. The van der Waals surface area contributed by atoms with E-state index in [1.165, 1.54) is 12.0 Å². The summed E-state index contributed by atoms with van der Waals surface area (Å²) in [5.41, 5.74) is 3.07. The van der Waals surface area contributed by atoms with Gasteiger partial charge in [-0.1, -0.05) is 49.4 Å². The van der Waals surface area contributed by atoms with E-state index >= 15 is 0 Å². The highest BCUT2D eigenvalue weighted by molar-refractivity contribution is 7.22. The van der Waals surface area contributed by atoms with Crippen LogP contribution in [0.5, 0.6) is 0 Å². The third kappa shape index (κ3) is 4.68. The predicted octanol–water partition coefficient (Wildman–Crippen LogP) is 6.43. The highest BCUT2D eigenvalue weighted by Gasteiger charge is 2.24. The first kappa shape index (κ1) is 20.0. The number of ether oxygens (including phenoxy) is 1. The molecule has 4 nitrogen and oxygen atoms in total. The zero-order valence-corrected chi connectivity index (χ0v) is 18.0. The Morgan fingerprint density at radius 3 is 2.66 bits per heavy atom. The number of fused-ring (bicyclic) bond motifs is 1. The summed E-state index contributed by atoms with van der Waals surface area (Å²) < 4.78 is 6.92. The summed E-state index contributed by atoms with van der Waals surface area (Å²) in [6.07, 6.45) is 4.81. The van der Waals surface area contributed by atoms with Gasteiger partial charge >= 0.3 is 0 Å². The van der Waals surface area contributed by atoms with Crippen LogP contribution in [0.4, 0.5) is 10.8 Å². The molecule has 0 N–H and O–H groups in total. The molecule has 152 valence electrons. The molecule has 1 unspecified atom stereocenters. The number of nitrogens with zero attached hydrogens (tertiary/aromatic N) is 2. The highest BCUT2D eigenvalue weighted by Crippen LogP contribution is 2.35. The summed E-state index contributed by atoms with van der Waals surface area (Å²) in [4.78, 5) is 19.9. The Hall–Kier alpha value is -2.24. The van der Waals surface area contributed by atoms with Crippen molar-refractivity contribution in [2.24, 2.45) is 0 Å². The van der Waals surface area contributed by atoms with Gasteiger partial charge < -0.3 is 4.74 Å². The van der Waals surface area contributed by atoms with Crippen molar-refractivity contribution in [3.8, 4) is 0 Å². The lowest BCUT2D eigenvalue weighted by Gasteiger charge is -2.24. The van der Waals surface area contributed by atoms with Gasteiger partial charge in [-0.15, -0.1) is 0 Å². The van der Waals surface area contributed by atoms with Gasteiger partial charge in [-0.05, 0) is 61.4 Å². The average molecular weight is 409 g/mol. The molecule has 2 aromatic carbocycles. The summed E-state index contributed by atoms with van der Waals surface area (Å²) >= 11 is 1.56. The fourth-order valence-electron chi connectivity index (χ4n) is 3.76. The molecule has 0 spiro atoms. The van der Waals surface area contributed by atoms with Crippen LogP contribution in [0.1, 0.15) is 57.4 Å². The first-order valence-corrected chi connectivity index (χ1v) is 11.3. The number of benzene rings is 2. The van der Waals surface area contributed by atoms with Crippen molar-refractivity contribution in [1.29, 1.82) is 0 Å². The number of thiazole rings is 1. The molecule has 0 bridgehead atoms. The van der Waals surface area contributed by atoms with Gasteiger partial charge in [-0.3, -0.25) is 9.69 Å². The minimum absolute atomic E-state index is 0.0792. The minimum Gasteiger partial charge on any atom is -0.378 e. The third-order valence-electron chi connectivity index (χ3n) is 5.50. The maximum absolute atomic E-state index is 13.3. The molecule has 1 amide bonds. The number of amides is 1. The molecular formula is C24H28N2O2S. The Morgan fingerprint density at radius 2 is 1.97 bits per heavy atom. The minimum atomic E-state index is 0.0792. The number of aromatic nitrogens is 1. The van der Waals surface area contributed by atoms with E-state index in [-0.39, 0.29) is 12.0 Å². The van der Waals surface area contributed by atoms with Crippen molar-refractivity contribution in [3.05, 3.63) is 54.1 Å². The van der Waals surface area contributed by atoms with E-state index in [1.54, 1.807) is 16.2 Å². The largest absolute Gasteiger partial charge is 0.378 e. The van der Waals surface area contributed by atoms with Crippen LogP contribution < -0.4 is 4.90 Å². The molecular weight excluding hydrogens is 380 g/mol. The van der Waals surface area contributed by atoms with E-state index in [4.69, 9.17) is 9.72 Å². The van der Waals surface area contributed by atoms with Gasteiger partial charge in [0.2, 0.25) is 5.91 Å². The van der Waals surface area contributed by atoms with E-state index in [0.29, 0.717) is 12.3 Å². The molecule has 2 heterocycles. The monoisotopic (exact) mass is 408 g/mol. The van der Waals surface area contributed by atoms with Crippen LogP contribution in [0.3, 0.4) is 0 Å². The van der Waals surface area contributed by atoms with Crippen molar-refractivity contribution in [2.75, 3.05) is 11.5 Å². The Morgan fingerprint density at radius 1 is 1.17 bits per heavy atom. The highest BCUT2D eigenvalue weighted by atomic mass is 32.1. The van der Waals surface area contributed by atoms with Gasteiger partial charge in [0.1, 0.15) is 0 Å². The molecule has 29 heavy (non-hydrogen) atoms. The number of hydrogen-bond acceptors (Lipinski definition) is 4. The SMILES string of the molecule is CC(C)c1ccc(N(C(=O)CCC2CCCCO2)c2nc3ccccc3s2)cc1. The smallest absolute Gasteiger partial charge is 0.233 e. The first-order chi connectivity index (χ1) is 14.1. The number of carbonyl (C=O) groups is 1. The van der Waals surface area contributed by atoms with Gasteiger partial charge in [-0.25, -0.2) is 4.98 Å². The molecule has 0 radical (unpaired) electrons. The lowest BCUT2D eigenvalue weighted by atomic mass is 10.0. The van der Waals surface area contributed by atoms with Gasteiger partial charge in [0, 0.05) is 13.0 Å². The molecule has 4 rings (SSSR count). The quantitative estimate of drug-likeness (QED) is 0.472. The fourth-order valence-corrected chi connectivity index (χ4v) is 4.76. The van der Waals surface area contributed by atoms with Gasteiger partial charge in [-0.2, -0.15) is 0 Å². The normalized spacial score (nSPS) is 17.0. The van der Waals surface area contributed by atoms with Crippen LogP contribution >= 0.6 is 11.3 Å².